The molecule has 0 saturated heterocycles. The smallest absolute Gasteiger partial charge is 0.322 e. The average Bonchev–Trinajstić information content (AvgIpc) is 3.09. The van der Waals surface area contributed by atoms with Crippen LogP contribution in [0.4, 0.5) is 10.4 Å². The van der Waals surface area contributed by atoms with E-state index in [4.69, 9.17) is 4.52 Å². The number of halogens is 1. The molecule has 1 heterocycles. The van der Waals surface area contributed by atoms with Crippen molar-refractivity contribution in [1.82, 2.24) is 14.9 Å². The molecule has 0 radical (unpaired) electrons. The van der Waals surface area contributed by atoms with E-state index >= 15 is 0 Å². The van der Waals surface area contributed by atoms with Gasteiger partial charge in [-0.25, -0.2) is 17.5 Å². The summed E-state index contributed by atoms with van der Waals surface area (Å²) in [6.07, 6.45) is 3.64. The quantitative estimate of drug-likeness (QED) is 0.756. The Kier molecular flexibility index (Phi) is 6.04. The van der Waals surface area contributed by atoms with Crippen LogP contribution in [-0.4, -0.2) is 35.9 Å². The van der Waals surface area contributed by atoms with Gasteiger partial charge >= 0.3 is 6.01 Å². The highest BCUT2D eigenvalue weighted by molar-refractivity contribution is 7.90. The van der Waals surface area contributed by atoms with Crippen molar-refractivity contribution in [3.63, 3.8) is 0 Å². The lowest BCUT2D eigenvalue weighted by Gasteiger charge is -2.29. The molecule has 1 aliphatic carbocycles. The summed E-state index contributed by atoms with van der Waals surface area (Å²) in [4.78, 5) is 4.32. The molecule has 1 aromatic carbocycles. The van der Waals surface area contributed by atoms with Gasteiger partial charge in [-0.3, -0.25) is 0 Å². The minimum Gasteiger partial charge on any atom is -0.335 e. The molecule has 1 aromatic heterocycles. The molecule has 3 rings (SSSR count). The lowest BCUT2D eigenvalue weighted by atomic mass is 9.86. The normalized spacial score (nSPS) is 20.9. The van der Waals surface area contributed by atoms with Crippen molar-refractivity contribution < 1.29 is 17.3 Å². The molecule has 28 heavy (non-hydrogen) atoms. The first kappa shape index (κ1) is 20.7. The molecule has 0 amide bonds. The highest BCUT2D eigenvalue weighted by Crippen LogP contribution is 2.27. The number of nitrogens with zero attached hydrogens (tertiary/aromatic N) is 2. The molecule has 1 aliphatic rings. The zero-order valence-electron chi connectivity index (χ0n) is 16.4. The lowest BCUT2D eigenvalue weighted by molar-refractivity contribution is 0.329. The predicted molar refractivity (Wildman–Crippen MR) is 106 cm³/mol. The van der Waals surface area contributed by atoms with Gasteiger partial charge in [0.05, 0.1) is 4.75 Å². The zero-order valence-corrected chi connectivity index (χ0v) is 17.2. The van der Waals surface area contributed by atoms with E-state index in [-0.39, 0.29) is 11.9 Å². The van der Waals surface area contributed by atoms with Gasteiger partial charge in [-0.2, -0.15) is 4.98 Å². The molecule has 0 bridgehead atoms. The minimum absolute atomic E-state index is 0.206. The number of aromatic nitrogens is 2. The van der Waals surface area contributed by atoms with E-state index in [0.29, 0.717) is 29.9 Å². The summed E-state index contributed by atoms with van der Waals surface area (Å²) in [7, 11) is -3.31. The topological polar surface area (TPSA) is 97.1 Å². The molecular formula is C19H27FN4O3S. The first-order valence-corrected chi connectivity index (χ1v) is 11.0. The van der Waals surface area contributed by atoms with Gasteiger partial charge < -0.3 is 9.84 Å². The van der Waals surface area contributed by atoms with Crippen LogP contribution >= 0.6 is 0 Å². The Bertz CT molecular complexity index is 883. The van der Waals surface area contributed by atoms with E-state index < -0.39 is 14.8 Å². The monoisotopic (exact) mass is 410 g/mol. The van der Waals surface area contributed by atoms with Crippen molar-refractivity contribution in [1.29, 1.82) is 0 Å². The van der Waals surface area contributed by atoms with Crippen molar-refractivity contribution in [2.45, 2.75) is 57.2 Å². The average molecular weight is 411 g/mol. The van der Waals surface area contributed by atoms with Gasteiger partial charge in [0.15, 0.2) is 0 Å². The Balaban J connectivity index is 1.48. The van der Waals surface area contributed by atoms with Crippen molar-refractivity contribution in [2.75, 3.05) is 11.9 Å². The highest BCUT2D eigenvalue weighted by Gasteiger charge is 2.30. The maximum absolute atomic E-state index is 13.0. The highest BCUT2D eigenvalue weighted by atomic mass is 32.2. The van der Waals surface area contributed by atoms with E-state index in [9.17, 15) is 12.8 Å². The van der Waals surface area contributed by atoms with Crippen LogP contribution in [-0.2, 0) is 10.0 Å². The predicted octanol–water partition coefficient (Wildman–Crippen LogP) is 3.56. The number of sulfonamides is 1. The second-order valence-electron chi connectivity index (χ2n) is 8.26. The number of anilines is 1. The fourth-order valence-corrected chi connectivity index (χ4v) is 4.02. The maximum atomic E-state index is 13.0. The van der Waals surface area contributed by atoms with E-state index in [2.05, 4.69) is 20.2 Å². The van der Waals surface area contributed by atoms with Crippen molar-refractivity contribution >= 4 is 16.0 Å². The third-order valence-electron chi connectivity index (χ3n) is 5.07. The summed E-state index contributed by atoms with van der Waals surface area (Å²) in [6.45, 7) is 5.56. The molecular weight excluding hydrogens is 383 g/mol. The van der Waals surface area contributed by atoms with Crippen LogP contribution in [0.2, 0.25) is 0 Å². The first-order chi connectivity index (χ1) is 13.1. The molecule has 0 aliphatic heterocycles. The fourth-order valence-electron chi connectivity index (χ4n) is 3.13. The Morgan fingerprint density at radius 2 is 1.79 bits per heavy atom. The van der Waals surface area contributed by atoms with Gasteiger partial charge in [-0.15, -0.1) is 0 Å². The standard InChI is InChI=1S/C19H27FN4O3S/c1-19(2,3)28(25,26)21-12-13-4-10-16(11-5-13)22-18-23-17(24-27-18)14-6-8-15(20)9-7-14/h6-9,13,16,21H,4-5,10-12H2,1-3H3,(H,22,23,24)/t13-,16-. The maximum Gasteiger partial charge on any atom is 0.322 e. The second kappa shape index (κ2) is 8.16. The zero-order chi connectivity index (χ0) is 20.4. The number of hydrogen-bond donors (Lipinski definition) is 2. The summed E-state index contributed by atoms with van der Waals surface area (Å²) < 4.78 is 44.5. The summed E-state index contributed by atoms with van der Waals surface area (Å²) >= 11 is 0. The van der Waals surface area contributed by atoms with E-state index in [0.717, 1.165) is 25.7 Å². The molecule has 1 saturated carbocycles. The summed E-state index contributed by atoms with van der Waals surface area (Å²) in [5, 5.41) is 7.17. The first-order valence-electron chi connectivity index (χ1n) is 9.49. The van der Waals surface area contributed by atoms with Crippen LogP contribution in [0.5, 0.6) is 0 Å². The lowest BCUT2D eigenvalue weighted by Crippen LogP contribution is -2.42. The SMILES string of the molecule is CC(C)(C)S(=O)(=O)NC[C@H]1CC[C@H](Nc2nc(-c3ccc(F)cc3)no2)CC1. The van der Waals surface area contributed by atoms with Crippen LogP contribution in [0.3, 0.4) is 0 Å². The Morgan fingerprint density at radius 1 is 1.14 bits per heavy atom. The molecule has 154 valence electrons. The number of benzene rings is 1. The third kappa shape index (κ3) is 5.08. The molecule has 0 spiro atoms. The molecule has 2 N–H and O–H groups in total. The van der Waals surface area contributed by atoms with Crippen LogP contribution in [0.15, 0.2) is 28.8 Å². The van der Waals surface area contributed by atoms with Crippen molar-refractivity contribution in [2.24, 2.45) is 5.92 Å². The van der Waals surface area contributed by atoms with Crippen LogP contribution in [0.1, 0.15) is 46.5 Å². The number of nitrogens with one attached hydrogen (secondary N) is 2. The number of hydrogen-bond acceptors (Lipinski definition) is 6. The van der Waals surface area contributed by atoms with Gasteiger partial charge in [0.1, 0.15) is 5.82 Å². The molecule has 7 nitrogen and oxygen atoms in total. The van der Waals surface area contributed by atoms with Crippen LogP contribution in [0.25, 0.3) is 11.4 Å². The molecule has 0 unspecified atom stereocenters. The summed E-state index contributed by atoms with van der Waals surface area (Å²) in [5.41, 5.74) is 0.688. The second-order valence-corrected chi connectivity index (χ2v) is 10.8. The largest absolute Gasteiger partial charge is 0.335 e. The molecule has 2 aromatic rings. The van der Waals surface area contributed by atoms with Crippen molar-refractivity contribution in [3.05, 3.63) is 30.1 Å². The van der Waals surface area contributed by atoms with Gasteiger partial charge in [-0.05, 0) is 76.6 Å². The fraction of sp³-hybridized carbons (Fsp3) is 0.579. The molecule has 0 atom stereocenters. The van der Waals surface area contributed by atoms with Crippen molar-refractivity contribution in [3.8, 4) is 11.4 Å². The van der Waals surface area contributed by atoms with Gasteiger partial charge in [0.25, 0.3) is 0 Å². The Morgan fingerprint density at radius 3 is 2.39 bits per heavy atom. The Hall–Kier alpha value is -2.00. The van der Waals surface area contributed by atoms with E-state index in [1.165, 1.54) is 12.1 Å². The summed E-state index contributed by atoms with van der Waals surface area (Å²) in [5.74, 6) is 0.424. The molecule has 9 heteroatoms. The minimum atomic E-state index is -3.31. The van der Waals surface area contributed by atoms with Crippen LogP contribution < -0.4 is 10.0 Å². The van der Waals surface area contributed by atoms with E-state index in [1.807, 2.05) is 0 Å². The van der Waals surface area contributed by atoms with E-state index in [1.54, 1.807) is 32.9 Å². The van der Waals surface area contributed by atoms with Crippen LogP contribution in [0, 0.1) is 11.7 Å². The molecule has 1 fully saturated rings. The van der Waals surface area contributed by atoms with Gasteiger partial charge in [0, 0.05) is 18.2 Å². The van der Waals surface area contributed by atoms with Gasteiger partial charge in [-0.1, -0.05) is 5.16 Å². The number of rotatable bonds is 6. The third-order valence-corrected chi connectivity index (χ3v) is 7.23. The van der Waals surface area contributed by atoms with Gasteiger partial charge in [0.2, 0.25) is 15.8 Å². The Labute approximate surface area is 165 Å². The summed E-state index contributed by atoms with van der Waals surface area (Å²) in [6, 6.07) is 6.47.